The molecule has 0 fully saturated rings. The summed E-state index contributed by atoms with van der Waals surface area (Å²) in [6, 6.07) is 2.27. The highest BCUT2D eigenvalue weighted by atomic mass is 15.1. The van der Waals surface area contributed by atoms with Gasteiger partial charge in [0.1, 0.15) is 0 Å². The van der Waals surface area contributed by atoms with Gasteiger partial charge in [-0.1, -0.05) is 13.8 Å². The Balaban J connectivity index is 3.98. The Labute approximate surface area is 87.2 Å². The van der Waals surface area contributed by atoms with Gasteiger partial charge in [0.15, 0.2) is 0 Å². The van der Waals surface area contributed by atoms with Gasteiger partial charge < -0.3 is 0 Å². The lowest BCUT2D eigenvalue weighted by atomic mass is 9.99. The molecule has 80 valence electrons. The predicted octanol–water partition coefficient (Wildman–Crippen LogP) is 3.42. The van der Waals surface area contributed by atoms with Crippen molar-refractivity contribution in [3.63, 3.8) is 0 Å². The summed E-state index contributed by atoms with van der Waals surface area (Å²) in [5.41, 5.74) is -0.127. The number of nitriles is 1. The highest BCUT2D eigenvalue weighted by molar-refractivity contribution is 4.84. The normalized spacial score (nSPS) is 14.6. The lowest BCUT2D eigenvalue weighted by molar-refractivity contribution is 0.467. The van der Waals surface area contributed by atoms with Crippen LogP contribution >= 0.6 is 0 Å². The first-order valence-electron chi connectivity index (χ1n) is 5.13. The van der Waals surface area contributed by atoms with Crippen LogP contribution < -0.4 is 0 Å². The molecule has 0 amide bonds. The third-order valence-electron chi connectivity index (χ3n) is 1.61. The fourth-order valence-electron chi connectivity index (χ4n) is 1.09. The molecule has 0 heterocycles. The Kier molecular flexibility index (Phi) is 5.37. The first-order valence-corrected chi connectivity index (χ1v) is 5.13. The van der Waals surface area contributed by atoms with Crippen LogP contribution in [0.3, 0.4) is 0 Å². The fourth-order valence-corrected chi connectivity index (χ4v) is 1.09. The van der Waals surface area contributed by atoms with Crippen LogP contribution in [0.1, 0.15) is 41.0 Å². The molecule has 0 aliphatic rings. The van der Waals surface area contributed by atoms with Gasteiger partial charge >= 0.3 is 0 Å². The molecular formula is C11H21N3. The fraction of sp³-hybridized carbons (Fsp3) is 0.909. The monoisotopic (exact) mass is 195 g/mol. The highest BCUT2D eigenvalue weighted by Crippen LogP contribution is 2.13. The van der Waals surface area contributed by atoms with Gasteiger partial charge in [0.05, 0.1) is 24.1 Å². The van der Waals surface area contributed by atoms with Crippen LogP contribution in [0, 0.1) is 23.2 Å². The molecule has 0 bridgehead atoms. The van der Waals surface area contributed by atoms with Crippen LogP contribution in [-0.2, 0) is 0 Å². The zero-order valence-electron chi connectivity index (χ0n) is 9.91. The van der Waals surface area contributed by atoms with Crippen molar-refractivity contribution in [2.45, 2.75) is 46.6 Å². The summed E-state index contributed by atoms with van der Waals surface area (Å²) in [4.78, 5) is 0. The number of nitrogens with zero attached hydrogens (tertiary/aromatic N) is 3. The van der Waals surface area contributed by atoms with E-state index in [1.54, 1.807) is 0 Å². The maximum Gasteiger partial charge on any atom is 0.0757 e. The Bertz CT molecular complexity index is 218. The number of hydrogen-bond acceptors (Lipinski definition) is 3. The maximum absolute atomic E-state index is 8.85. The molecule has 0 N–H and O–H groups in total. The predicted molar refractivity (Wildman–Crippen MR) is 58.0 cm³/mol. The molecule has 0 aromatic carbocycles. The van der Waals surface area contributed by atoms with Crippen molar-refractivity contribution in [2.24, 2.45) is 22.1 Å². The van der Waals surface area contributed by atoms with E-state index >= 15 is 0 Å². The molecule has 0 aliphatic carbocycles. The lowest BCUT2D eigenvalue weighted by Crippen LogP contribution is -2.10. The second-order valence-electron chi connectivity index (χ2n) is 5.05. The molecule has 3 heteroatoms. The molecule has 0 aromatic heterocycles. The standard InChI is InChI=1S/C11H21N3/c1-9(2)6-10(7-12)8-13-14-11(3,4)5/h9-10H,6,8H2,1-5H3. The van der Waals surface area contributed by atoms with E-state index in [4.69, 9.17) is 5.26 Å². The third-order valence-corrected chi connectivity index (χ3v) is 1.61. The van der Waals surface area contributed by atoms with E-state index in [0.717, 1.165) is 6.42 Å². The Morgan fingerprint density at radius 2 is 1.86 bits per heavy atom. The maximum atomic E-state index is 8.85. The van der Waals surface area contributed by atoms with Gasteiger partial charge in [0.25, 0.3) is 0 Å². The summed E-state index contributed by atoms with van der Waals surface area (Å²) in [5.74, 6) is 0.561. The van der Waals surface area contributed by atoms with E-state index in [2.05, 4.69) is 30.1 Å². The van der Waals surface area contributed by atoms with Gasteiger partial charge in [-0.15, -0.1) is 0 Å². The van der Waals surface area contributed by atoms with Crippen molar-refractivity contribution in [3.05, 3.63) is 0 Å². The molecule has 0 saturated heterocycles. The summed E-state index contributed by atoms with van der Waals surface area (Å²) in [7, 11) is 0. The molecule has 1 atom stereocenters. The second kappa shape index (κ2) is 5.74. The zero-order chi connectivity index (χ0) is 11.2. The minimum atomic E-state index is -0.127. The molecule has 0 saturated carbocycles. The van der Waals surface area contributed by atoms with Gasteiger partial charge in [-0.2, -0.15) is 15.5 Å². The average molecular weight is 195 g/mol. The van der Waals surface area contributed by atoms with Gasteiger partial charge in [-0.25, -0.2) is 0 Å². The summed E-state index contributed by atoms with van der Waals surface area (Å²) < 4.78 is 0. The van der Waals surface area contributed by atoms with Crippen molar-refractivity contribution >= 4 is 0 Å². The van der Waals surface area contributed by atoms with Crippen molar-refractivity contribution in [3.8, 4) is 6.07 Å². The van der Waals surface area contributed by atoms with Gasteiger partial charge in [0.2, 0.25) is 0 Å². The van der Waals surface area contributed by atoms with E-state index in [9.17, 15) is 0 Å². The molecule has 14 heavy (non-hydrogen) atoms. The third kappa shape index (κ3) is 7.72. The van der Waals surface area contributed by atoms with Crippen molar-refractivity contribution in [1.82, 2.24) is 0 Å². The molecule has 0 rings (SSSR count). The summed E-state index contributed by atoms with van der Waals surface area (Å²) in [5, 5.41) is 17.0. The quantitative estimate of drug-likeness (QED) is 0.634. The van der Waals surface area contributed by atoms with Crippen LogP contribution in [0.4, 0.5) is 0 Å². The van der Waals surface area contributed by atoms with Crippen molar-refractivity contribution in [1.29, 1.82) is 5.26 Å². The highest BCUT2D eigenvalue weighted by Gasteiger charge is 2.10. The molecule has 0 aromatic rings. The smallest absolute Gasteiger partial charge is 0.0757 e. The Morgan fingerprint density at radius 3 is 2.21 bits per heavy atom. The van der Waals surface area contributed by atoms with E-state index in [1.165, 1.54) is 0 Å². The van der Waals surface area contributed by atoms with Gasteiger partial charge in [0, 0.05) is 0 Å². The minimum absolute atomic E-state index is 0.0149. The SMILES string of the molecule is CC(C)CC(C#N)CN=NC(C)(C)C. The average Bonchev–Trinajstić information content (AvgIpc) is 1.99. The second-order valence-corrected chi connectivity index (χ2v) is 5.05. The molecular weight excluding hydrogens is 174 g/mol. The lowest BCUT2D eigenvalue weighted by Gasteiger charge is -2.11. The van der Waals surface area contributed by atoms with E-state index < -0.39 is 0 Å². The zero-order valence-corrected chi connectivity index (χ0v) is 9.91. The molecule has 1 unspecified atom stereocenters. The molecule has 0 spiro atoms. The van der Waals surface area contributed by atoms with Gasteiger partial charge in [-0.05, 0) is 33.1 Å². The minimum Gasteiger partial charge on any atom is -0.198 e. The van der Waals surface area contributed by atoms with Crippen LogP contribution in [-0.4, -0.2) is 12.1 Å². The van der Waals surface area contributed by atoms with Crippen LogP contribution in [0.25, 0.3) is 0 Å². The topological polar surface area (TPSA) is 48.5 Å². The first-order chi connectivity index (χ1) is 6.35. The molecule has 3 nitrogen and oxygen atoms in total. The summed E-state index contributed by atoms with van der Waals surface area (Å²) in [6.45, 7) is 10.8. The Hall–Kier alpha value is -0.910. The molecule has 0 radical (unpaired) electrons. The van der Waals surface area contributed by atoms with E-state index in [-0.39, 0.29) is 11.5 Å². The van der Waals surface area contributed by atoms with Crippen LogP contribution in [0.15, 0.2) is 10.2 Å². The largest absolute Gasteiger partial charge is 0.198 e. The summed E-state index contributed by atoms with van der Waals surface area (Å²) >= 11 is 0. The number of azo groups is 1. The summed E-state index contributed by atoms with van der Waals surface area (Å²) in [6.07, 6.45) is 0.902. The first kappa shape index (κ1) is 13.1. The van der Waals surface area contributed by atoms with Crippen LogP contribution in [0.5, 0.6) is 0 Å². The number of rotatable bonds is 4. The van der Waals surface area contributed by atoms with Gasteiger partial charge in [-0.3, -0.25) is 0 Å². The molecule has 0 aliphatic heterocycles. The number of hydrogen-bond donors (Lipinski definition) is 0. The van der Waals surface area contributed by atoms with Crippen molar-refractivity contribution in [2.75, 3.05) is 6.54 Å². The van der Waals surface area contributed by atoms with E-state index in [1.807, 2.05) is 20.8 Å². The van der Waals surface area contributed by atoms with Crippen LogP contribution in [0.2, 0.25) is 0 Å². The van der Waals surface area contributed by atoms with E-state index in [0.29, 0.717) is 12.5 Å². The Morgan fingerprint density at radius 1 is 1.29 bits per heavy atom. The van der Waals surface area contributed by atoms with Crippen molar-refractivity contribution < 1.29 is 0 Å².